The molecule has 8 nitrogen and oxygen atoms in total. The molecule has 4 aromatic heterocycles. The van der Waals surface area contributed by atoms with Crippen LogP contribution in [0, 0.1) is 13.1 Å². The molecule has 0 bridgehead atoms. The van der Waals surface area contributed by atoms with Gasteiger partial charge in [-0.25, -0.2) is 24.6 Å². The molecule has 8 heteroatoms. The topological polar surface area (TPSA) is 62.2 Å². The minimum atomic E-state index is 0.588. The molecule has 0 amide bonds. The smallest absolute Gasteiger partial charge is 0.187 e. The molecule has 0 unspecified atom stereocenters. The molecule has 0 fully saturated rings. The Labute approximate surface area is 384 Å². The predicted octanol–water partition coefficient (Wildman–Crippen LogP) is 15.3. The Morgan fingerprint density at radius 3 is 0.910 bits per heavy atom. The molecule has 0 radical (unpaired) electrons. The molecule has 0 saturated heterocycles. The Bertz CT molecular complexity index is 4040. The highest BCUT2D eigenvalue weighted by Gasteiger charge is 2.29. The van der Waals surface area contributed by atoms with Gasteiger partial charge in [0.25, 0.3) is 0 Å². The molecule has 0 N–H and O–H groups in total. The molecular weight excluding hydrogens is 821 g/mol. The highest BCUT2D eigenvalue weighted by Crippen LogP contribution is 2.50. The van der Waals surface area contributed by atoms with Gasteiger partial charge in [0.2, 0.25) is 0 Å². The van der Waals surface area contributed by atoms with Crippen LogP contribution in [0.1, 0.15) is 0 Å². The van der Waals surface area contributed by atoms with Crippen molar-refractivity contribution in [2.45, 2.75) is 0 Å². The molecule has 0 aliphatic carbocycles. The largest absolute Gasteiger partial charge is 0.309 e. The van der Waals surface area contributed by atoms with Crippen LogP contribution in [0.15, 0.2) is 206 Å². The van der Waals surface area contributed by atoms with Crippen molar-refractivity contribution in [1.82, 2.24) is 28.7 Å². The van der Waals surface area contributed by atoms with Gasteiger partial charge in [-0.3, -0.25) is 0 Å². The maximum Gasteiger partial charge on any atom is 0.187 e. The van der Waals surface area contributed by atoms with E-state index in [-0.39, 0.29) is 0 Å². The predicted molar refractivity (Wildman–Crippen MR) is 272 cm³/mol. The molecule has 310 valence electrons. The van der Waals surface area contributed by atoms with E-state index in [2.05, 4.69) is 145 Å². The number of para-hydroxylation sites is 3. The molecule has 4 heterocycles. The van der Waals surface area contributed by atoms with E-state index < -0.39 is 0 Å². The van der Waals surface area contributed by atoms with Crippen LogP contribution in [0.5, 0.6) is 0 Å². The maximum absolute atomic E-state index is 7.75. The highest BCUT2D eigenvalue weighted by atomic mass is 15.1. The SMILES string of the molecule is [C-]#[N+]c1ccc(-n2c3ccccc3c3c2c2c4ccccc4n(-c4ccc(-c5nc(-c6ccccc6)nc(-c6ccccc6)n5)cc4)c2c2c4ccccc4n(-c4ccc([N+]#[C-])cc4)c32)cc1. The van der Waals surface area contributed by atoms with Gasteiger partial charge in [-0.2, -0.15) is 0 Å². The molecule has 0 spiro atoms. The fourth-order valence-electron chi connectivity index (χ4n) is 10.0. The zero-order valence-corrected chi connectivity index (χ0v) is 35.7. The number of fused-ring (bicyclic) bond motifs is 12. The van der Waals surface area contributed by atoms with E-state index >= 15 is 0 Å². The summed E-state index contributed by atoms with van der Waals surface area (Å²) in [5, 5.41) is 6.71. The van der Waals surface area contributed by atoms with Crippen molar-refractivity contribution in [3.8, 4) is 51.2 Å². The third-order valence-electron chi connectivity index (χ3n) is 12.9. The Balaban J connectivity index is 1.16. The average Bonchev–Trinajstić information content (AvgIpc) is 4.05. The molecule has 9 aromatic carbocycles. The van der Waals surface area contributed by atoms with Gasteiger partial charge < -0.3 is 13.7 Å². The van der Waals surface area contributed by atoms with Gasteiger partial charge in [0, 0.05) is 66.1 Å². The summed E-state index contributed by atoms with van der Waals surface area (Å²) in [5.74, 6) is 1.81. The fraction of sp³-hybridized carbons (Fsp3) is 0. The first kappa shape index (κ1) is 37.9. The van der Waals surface area contributed by atoms with Gasteiger partial charge in [0.15, 0.2) is 28.8 Å². The molecule has 0 aliphatic heterocycles. The summed E-state index contributed by atoms with van der Waals surface area (Å²) in [5.41, 5.74) is 13.2. The minimum Gasteiger partial charge on any atom is -0.309 e. The highest BCUT2D eigenvalue weighted by molar-refractivity contribution is 6.40. The standard InChI is InChI=1S/C59H34N8/c1-60-40-27-33-43(34-28-40)66-49-23-13-10-20-46(49)52-54-51(55-53(56(52)66)47-21-11-14-24-50(47)67(55)44-35-29-41(61-2)30-36-44)45-19-9-12-22-48(45)65(54)42-31-25-39(26-32-42)59-63-57(37-15-5-3-6-16-37)62-58(64-59)38-17-7-4-8-18-38/h3-36H. The number of nitrogens with zero attached hydrogens (tertiary/aromatic N) is 8. The van der Waals surface area contributed by atoms with Gasteiger partial charge in [-0.1, -0.05) is 140 Å². The molecule has 0 atom stereocenters. The van der Waals surface area contributed by atoms with Gasteiger partial charge in [-0.15, -0.1) is 0 Å². The van der Waals surface area contributed by atoms with Crippen LogP contribution in [-0.4, -0.2) is 28.7 Å². The molecule has 0 saturated carbocycles. The number of hydrogen-bond donors (Lipinski definition) is 0. The zero-order chi connectivity index (χ0) is 44.6. The first-order chi connectivity index (χ1) is 33.2. The Hall–Kier alpha value is -9.63. The number of rotatable bonds is 6. The van der Waals surface area contributed by atoms with Crippen molar-refractivity contribution in [2.75, 3.05) is 0 Å². The van der Waals surface area contributed by atoms with Crippen LogP contribution in [0.2, 0.25) is 0 Å². The lowest BCUT2D eigenvalue weighted by atomic mass is 10.0. The van der Waals surface area contributed by atoms with E-state index in [4.69, 9.17) is 28.1 Å². The lowest BCUT2D eigenvalue weighted by Gasteiger charge is -2.14. The van der Waals surface area contributed by atoms with E-state index in [9.17, 15) is 0 Å². The quantitative estimate of drug-likeness (QED) is 0.157. The molecular formula is C59H34N8. The minimum absolute atomic E-state index is 0.588. The normalized spacial score (nSPS) is 11.6. The first-order valence-corrected chi connectivity index (χ1v) is 22.0. The summed E-state index contributed by atoms with van der Waals surface area (Å²) in [4.78, 5) is 22.5. The van der Waals surface area contributed by atoms with Crippen molar-refractivity contribution in [3.63, 3.8) is 0 Å². The molecule has 0 aliphatic rings. The van der Waals surface area contributed by atoms with Crippen LogP contribution in [0.4, 0.5) is 11.4 Å². The van der Waals surface area contributed by atoms with Crippen molar-refractivity contribution in [2.24, 2.45) is 0 Å². The van der Waals surface area contributed by atoms with E-state index in [0.717, 1.165) is 99.2 Å². The van der Waals surface area contributed by atoms with E-state index in [1.54, 1.807) is 0 Å². The average molecular weight is 855 g/mol. The summed E-state index contributed by atoms with van der Waals surface area (Å²) in [6.07, 6.45) is 0. The summed E-state index contributed by atoms with van der Waals surface area (Å²) >= 11 is 0. The first-order valence-electron chi connectivity index (χ1n) is 22.0. The van der Waals surface area contributed by atoms with Gasteiger partial charge >= 0.3 is 0 Å². The zero-order valence-electron chi connectivity index (χ0n) is 35.7. The summed E-state index contributed by atoms with van der Waals surface area (Å²) in [6.45, 7) is 15.5. The van der Waals surface area contributed by atoms with Gasteiger partial charge in [0.1, 0.15) is 0 Å². The van der Waals surface area contributed by atoms with Crippen LogP contribution in [0.25, 0.3) is 126 Å². The third-order valence-corrected chi connectivity index (χ3v) is 12.9. The Morgan fingerprint density at radius 1 is 0.299 bits per heavy atom. The monoisotopic (exact) mass is 854 g/mol. The van der Waals surface area contributed by atoms with E-state index in [1.165, 1.54) is 0 Å². The number of aromatic nitrogens is 6. The second-order valence-corrected chi connectivity index (χ2v) is 16.6. The molecule has 13 rings (SSSR count). The van der Waals surface area contributed by atoms with Crippen LogP contribution in [-0.2, 0) is 0 Å². The Kier molecular flexibility index (Phi) is 8.48. The van der Waals surface area contributed by atoms with Gasteiger partial charge in [-0.05, 0) is 66.7 Å². The number of benzene rings is 9. The van der Waals surface area contributed by atoms with Crippen molar-refractivity contribution >= 4 is 76.8 Å². The lowest BCUT2D eigenvalue weighted by molar-refractivity contribution is 1.07. The summed E-state index contributed by atoms with van der Waals surface area (Å²) in [6, 6.07) is 70.5. The maximum atomic E-state index is 7.75. The lowest BCUT2D eigenvalue weighted by Crippen LogP contribution is -2.00. The third kappa shape index (κ3) is 5.81. The van der Waals surface area contributed by atoms with E-state index in [1.807, 2.05) is 84.9 Å². The van der Waals surface area contributed by atoms with E-state index in [0.29, 0.717) is 28.8 Å². The van der Waals surface area contributed by atoms with Crippen LogP contribution >= 0.6 is 0 Å². The second kappa shape index (κ2) is 15.0. The van der Waals surface area contributed by atoms with Crippen LogP contribution < -0.4 is 0 Å². The molecule has 67 heavy (non-hydrogen) atoms. The number of hydrogen-bond acceptors (Lipinski definition) is 3. The van der Waals surface area contributed by atoms with Crippen molar-refractivity contribution in [1.29, 1.82) is 0 Å². The van der Waals surface area contributed by atoms with Crippen molar-refractivity contribution < 1.29 is 0 Å². The summed E-state index contributed by atoms with van der Waals surface area (Å²) in [7, 11) is 0. The Morgan fingerprint density at radius 2 is 0.582 bits per heavy atom. The fourth-order valence-corrected chi connectivity index (χ4v) is 10.0. The molecule has 13 aromatic rings. The second-order valence-electron chi connectivity index (χ2n) is 16.6. The summed E-state index contributed by atoms with van der Waals surface area (Å²) < 4.78 is 7.16. The van der Waals surface area contributed by atoms with Crippen molar-refractivity contribution in [3.05, 3.63) is 229 Å². The van der Waals surface area contributed by atoms with Crippen LogP contribution in [0.3, 0.4) is 0 Å². The van der Waals surface area contributed by atoms with Gasteiger partial charge in [0.05, 0.1) is 46.2 Å².